The second-order valence-corrected chi connectivity index (χ2v) is 11.3. The number of benzene rings is 3. The number of ether oxygens (including phenoxy) is 4. The Morgan fingerprint density at radius 1 is 1.02 bits per heavy atom. The van der Waals surface area contributed by atoms with Crippen LogP contribution >= 0.6 is 34.5 Å². The Morgan fingerprint density at radius 3 is 2.41 bits per heavy atom. The summed E-state index contributed by atoms with van der Waals surface area (Å²) >= 11 is 14.1. The molecule has 1 aromatic heterocycles. The van der Waals surface area contributed by atoms with Gasteiger partial charge >= 0.3 is 5.97 Å². The summed E-state index contributed by atoms with van der Waals surface area (Å²) in [6, 6.07) is 13.9. The second kappa shape index (κ2) is 13.7. The number of carbonyl (C=O) groups is 1. The van der Waals surface area contributed by atoms with Gasteiger partial charge in [-0.05, 0) is 61.4 Å². The number of nitrogens with zero attached hydrogens (tertiary/aromatic N) is 2. The first-order chi connectivity index (χ1) is 21.2. The molecule has 4 aromatic rings. The summed E-state index contributed by atoms with van der Waals surface area (Å²) in [6.07, 6.45) is 3.04. The summed E-state index contributed by atoms with van der Waals surface area (Å²) in [5.41, 5.74) is 1.30. The number of methoxy groups -OCH3 is 1. The minimum atomic E-state index is -0.836. The van der Waals surface area contributed by atoms with Crippen LogP contribution in [0.2, 0.25) is 10.0 Å². The summed E-state index contributed by atoms with van der Waals surface area (Å²) in [4.78, 5) is 31.5. The van der Waals surface area contributed by atoms with Crippen LogP contribution in [0.15, 0.2) is 76.2 Å². The van der Waals surface area contributed by atoms with E-state index in [4.69, 9.17) is 42.1 Å². The maximum atomic E-state index is 14.0. The van der Waals surface area contributed by atoms with Crippen LogP contribution in [-0.4, -0.2) is 30.9 Å². The van der Waals surface area contributed by atoms with Gasteiger partial charge in [-0.15, -0.1) is 0 Å². The average molecular weight is 658 g/mol. The van der Waals surface area contributed by atoms with Gasteiger partial charge in [0.1, 0.15) is 12.4 Å². The van der Waals surface area contributed by atoms with E-state index in [1.807, 2.05) is 13.8 Å². The van der Waals surface area contributed by atoms with Crippen LogP contribution < -0.4 is 29.1 Å². The van der Waals surface area contributed by atoms with Gasteiger partial charge in [0.15, 0.2) is 22.0 Å². The predicted molar refractivity (Wildman–Crippen MR) is 167 cm³/mol. The SMILES string of the molecule is CCOc1ccc([C@@H]2C(C(=O)OC)=CN=c3s/c(=C\c4cc(Cl)c(OCc5ccccc5F)c(Cl)c4)c(=O)n32)cc1OCC. The highest BCUT2D eigenvalue weighted by atomic mass is 35.5. The number of halogens is 3. The molecule has 0 radical (unpaired) electrons. The van der Waals surface area contributed by atoms with Crippen molar-refractivity contribution in [3.8, 4) is 17.2 Å². The van der Waals surface area contributed by atoms with Crippen LogP contribution in [0.3, 0.4) is 0 Å². The first-order valence-electron chi connectivity index (χ1n) is 13.6. The smallest absolute Gasteiger partial charge is 0.337 e. The molecule has 2 heterocycles. The van der Waals surface area contributed by atoms with Crippen molar-refractivity contribution in [3.05, 3.63) is 119 Å². The zero-order valence-electron chi connectivity index (χ0n) is 23.9. The van der Waals surface area contributed by atoms with E-state index >= 15 is 0 Å². The van der Waals surface area contributed by atoms with Gasteiger partial charge in [-0.1, -0.05) is 58.8 Å². The molecule has 8 nitrogen and oxygen atoms in total. The third-order valence-electron chi connectivity index (χ3n) is 6.66. The number of fused-ring (bicyclic) bond motifs is 1. The van der Waals surface area contributed by atoms with Crippen LogP contribution in [0, 0.1) is 5.82 Å². The van der Waals surface area contributed by atoms with E-state index in [0.717, 1.165) is 11.3 Å². The lowest BCUT2D eigenvalue weighted by atomic mass is 9.97. The van der Waals surface area contributed by atoms with Crippen molar-refractivity contribution in [2.24, 2.45) is 4.99 Å². The van der Waals surface area contributed by atoms with E-state index in [1.54, 1.807) is 54.6 Å². The average Bonchev–Trinajstić information content (AvgIpc) is 3.32. The van der Waals surface area contributed by atoms with Gasteiger partial charge in [0.05, 0.1) is 46.5 Å². The number of aromatic nitrogens is 1. The minimum Gasteiger partial charge on any atom is -0.490 e. The van der Waals surface area contributed by atoms with Crippen molar-refractivity contribution >= 4 is 46.6 Å². The second-order valence-electron chi connectivity index (χ2n) is 9.44. The number of rotatable bonds is 10. The monoisotopic (exact) mass is 656 g/mol. The van der Waals surface area contributed by atoms with Crippen molar-refractivity contribution in [2.75, 3.05) is 20.3 Å². The zero-order valence-corrected chi connectivity index (χ0v) is 26.3. The van der Waals surface area contributed by atoms with Gasteiger partial charge in [-0.2, -0.15) is 0 Å². The van der Waals surface area contributed by atoms with Crippen LogP contribution in [-0.2, 0) is 16.1 Å². The number of thiazole rings is 1. The molecule has 0 aliphatic carbocycles. The van der Waals surface area contributed by atoms with E-state index in [-0.39, 0.29) is 33.5 Å². The quantitative estimate of drug-likeness (QED) is 0.199. The van der Waals surface area contributed by atoms with Gasteiger partial charge in [-0.3, -0.25) is 9.36 Å². The molecule has 0 N–H and O–H groups in total. The largest absolute Gasteiger partial charge is 0.490 e. The fraction of sp³-hybridized carbons (Fsp3) is 0.219. The first-order valence-corrected chi connectivity index (χ1v) is 15.2. The van der Waals surface area contributed by atoms with Crippen molar-refractivity contribution in [1.29, 1.82) is 0 Å². The van der Waals surface area contributed by atoms with Crippen LogP contribution in [0.25, 0.3) is 6.08 Å². The maximum absolute atomic E-state index is 14.0. The number of hydrogen-bond donors (Lipinski definition) is 0. The molecule has 0 saturated carbocycles. The lowest BCUT2D eigenvalue weighted by Crippen LogP contribution is -2.39. The van der Waals surface area contributed by atoms with Gasteiger partial charge < -0.3 is 18.9 Å². The van der Waals surface area contributed by atoms with E-state index in [2.05, 4.69) is 4.99 Å². The molecule has 0 amide bonds. The standard InChI is InChI=1S/C32H27Cl2FN2O6S/c1-4-41-25-11-10-19(15-26(25)42-5-2)28-21(31(39)40-3)16-36-32-37(28)30(38)27(44-32)14-18-12-22(33)29(23(34)13-18)43-17-20-8-6-7-9-24(20)35/h6-16,28H,4-5,17H2,1-3H3/b27-14-/t28-/m1/s1. The normalized spacial score (nSPS) is 14.4. The van der Waals surface area contributed by atoms with Crippen LogP contribution in [0.1, 0.15) is 36.6 Å². The Bertz CT molecular complexity index is 1910. The molecule has 44 heavy (non-hydrogen) atoms. The highest BCUT2D eigenvalue weighted by molar-refractivity contribution is 7.07. The molecule has 0 saturated heterocycles. The Kier molecular flexibility index (Phi) is 9.73. The van der Waals surface area contributed by atoms with Crippen LogP contribution in [0.5, 0.6) is 17.2 Å². The molecule has 1 aliphatic heterocycles. The van der Waals surface area contributed by atoms with Gasteiger partial charge in [0, 0.05) is 11.8 Å². The van der Waals surface area contributed by atoms with Crippen molar-refractivity contribution < 1.29 is 28.1 Å². The van der Waals surface area contributed by atoms with Crippen molar-refractivity contribution in [3.63, 3.8) is 0 Å². The Hall–Kier alpha value is -4.12. The minimum absolute atomic E-state index is 0.0663. The van der Waals surface area contributed by atoms with E-state index in [0.29, 0.717) is 50.7 Å². The summed E-state index contributed by atoms with van der Waals surface area (Å²) in [5.74, 6) is 0.198. The molecule has 1 atom stereocenters. The highest BCUT2D eigenvalue weighted by Gasteiger charge is 2.31. The molecule has 1 aliphatic rings. The molecular formula is C32H27Cl2FN2O6S. The third-order valence-corrected chi connectivity index (χ3v) is 8.21. The van der Waals surface area contributed by atoms with Crippen molar-refractivity contribution in [1.82, 2.24) is 4.57 Å². The van der Waals surface area contributed by atoms with E-state index in [9.17, 15) is 14.0 Å². The number of hydrogen-bond acceptors (Lipinski definition) is 8. The molecular weight excluding hydrogens is 630 g/mol. The first kappa shape index (κ1) is 31.3. The molecule has 3 aromatic carbocycles. The fourth-order valence-corrected chi connectivity index (χ4v) is 6.29. The van der Waals surface area contributed by atoms with Crippen molar-refractivity contribution in [2.45, 2.75) is 26.5 Å². The number of carbonyl (C=O) groups excluding carboxylic acids is 1. The van der Waals surface area contributed by atoms with Gasteiger partial charge in [0.2, 0.25) is 0 Å². The van der Waals surface area contributed by atoms with Gasteiger partial charge in [-0.25, -0.2) is 14.2 Å². The third kappa shape index (κ3) is 6.38. The predicted octanol–water partition coefficient (Wildman–Crippen LogP) is 5.84. The molecule has 228 valence electrons. The molecule has 0 fully saturated rings. The summed E-state index contributed by atoms with van der Waals surface area (Å²) in [6.45, 7) is 4.49. The molecule has 0 spiro atoms. The Labute approximate surface area is 266 Å². The fourth-order valence-electron chi connectivity index (χ4n) is 4.70. The summed E-state index contributed by atoms with van der Waals surface area (Å²) in [5, 5.41) is 0.383. The number of esters is 1. The Morgan fingerprint density at radius 2 is 1.73 bits per heavy atom. The van der Waals surface area contributed by atoms with E-state index in [1.165, 1.54) is 23.9 Å². The molecule has 0 bridgehead atoms. The topological polar surface area (TPSA) is 88.4 Å². The van der Waals surface area contributed by atoms with Gasteiger partial charge in [0.25, 0.3) is 5.56 Å². The molecule has 0 unspecified atom stereocenters. The summed E-state index contributed by atoms with van der Waals surface area (Å²) < 4.78 is 38.0. The Balaban J connectivity index is 1.55. The molecule has 12 heteroatoms. The highest BCUT2D eigenvalue weighted by Crippen LogP contribution is 2.36. The summed E-state index contributed by atoms with van der Waals surface area (Å²) in [7, 11) is 1.27. The molecule has 5 rings (SSSR count). The lowest BCUT2D eigenvalue weighted by molar-refractivity contribution is -0.136. The van der Waals surface area contributed by atoms with Crippen LogP contribution in [0.4, 0.5) is 4.39 Å². The van der Waals surface area contributed by atoms with E-state index < -0.39 is 17.8 Å². The maximum Gasteiger partial charge on any atom is 0.337 e. The lowest BCUT2D eigenvalue weighted by Gasteiger charge is -2.23. The zero-order chi connectivity index (χ0) is 31.4.